The molecule has 0 aliphatic carbocycles. The van der Waals surface area contributed by atoms with E-state index in [9.17, 15) is 13.5 Å². The van der Waals surface area contributed by atoms with Crippen molar-refractivity contribution < 1.29 is 18.3 Å². The summed E-state index contributed by atoms with van der Waals surface area (Å²) in [6.45, 7) is 6.27. The SMILES string of the molecule is Cc1ccc(OC[C@@H](O)CN2CCC(NS(=O)(=O)c3ccccc3)CC2)c(C)c1. The van der Waals surface area contributed by atoms with Gasteiger partial charge in [-0.25, -0.2) is 13.1 Å². The van der Waals surface area contributed by atoms with E-state index in [1.165, 1.54) is 5.56 Å². The van der Waals surface area contributed by atoms with Crippen molar-refractivity contribution in [1.29, 1.82) is 0 Å². The summed E-state index contributed by atoms with van der Waals surface area (Å²) >= 11 is 0. The molecule has 3 rings (SSSR count). The minimum absolute atomic E-state index is 0.0833. The molecule has 1 fully saturated rings. The first kappa shape index (κ1) is 21.8. The number of nitrogens with one attached hydrogen (secondary N) is 1. The molecule has 0 aromatic heterocycles. The number of sulfonamides is 1. The summed E-state index contributed by atoms with van der Waals surface area (Å²) in [5.41, 5.74) is 2.24. The maximum absolute atomic E-state index is 12.4. The quantitative estimate of drug-likeness (QED) is 0.689. The Balaban J connectivity index is 1.42. The summed E-state index contributed by atoms with van der Waals surface area (Å²) in [5, 5.41) is 10.3. The second-order valence-electron chi connectivity index (χ2n) is 7.74. The number of piperidine rings is 1. The molecule has 0 saturated carbocycles. The molecule has 158 valence electrons. The fraction of sp³-hybridized carbons (Fsp3) is 0.455. The highest BCUT2D eigenvalue weighted by Gasteiger charge is 2.25. The first-order chi connectivity index (χ1) is 13.8. The molecule has 0 spiro atoms. The van der Waals surface area contributed by atoms with Crippen molar-refractivity contribution in [1.82, 2.24) is 9.62 Å². The Bertz CT molecular complexity index is 894. The number of nitrogens with zero attached hydrogens (tertiary/aromatic N) is 1. The minimum atomic E-state index is -3.48. The molecule has 2 aromatic carbocycles. The van der Waals surface area contributed by atoms with Gasteiger partial charge in [0, 0.05) is 12.6 Å². The first-order valence-electron chi connectivity index (χ1n) is 10.0. The normalized spacial score (nSPS) is 17.2. The van der Waals surface area contributed by atoms with Gasteiger partial charge in [0.25, 0.3) is 0 Å². The zero-order valence-electron chi connectivity index (χ0n) is 17.0. The Labute approximate surface area is 173 Å². The lowest BCUT2D eigenvalue weighted by Crippen LogP contribution is -2.47. The number of aliphatic hydroxyl groups is 1. The molecular weight excluding hydrogens is 388 g/mol. The van der Waals surface area contributed by atoms with Gasteiger partial charge in [0.1, 0.15) is 18.5 Å². The van der Waals surface area contributed by atoms with Crippen LogP contribution in [0.2, 0.25) is 0 Å². The molecule has 7 heteroatoms. The number of benzene rings is 2. The van der Waals surface area contributed by atoms with Gasteiger partial charge in [0.05, 0.1) is 4.90 Å². The molecule has 1 atom stereocenters. The largest absolute Gasteiger partial charge is 0.491 e. The van der Waals surface area contributed by atoms with Gasteiger partial charge in [-0.05, 0) is 63.5 Å². The van der Waals surface area contributed by atoms with Gasteiger partial charge in [-0.15, -0.1) is 0 Å². The van der Waals surface area contributed by atoms with Crippen LogP contribution in [-0.4, -0.2) is 56.8 Å². The van der Waals surface area contributed by atoms with E-state index in [1.54, 1.807) is 30.3 Å². The molecule has 0 amide bonds. The van der Waals surface area contributed by atoms with Crippen LogP contribution in [0.25, 0.3) is 0 Å². The van der Waals surface area contributed by atoms with Crippen molar-refractivity contribution in [2.24, 2.45) is 0 Å². The summed E-state index contributed by atoms with van der Waals surface area (Å²) in [7, 11) is -3.48. The van der Waals surface area contributed by atoms with Crippen molar-refractivity contribution in [2.75, 3.05) is 26.2 Å². The van der Waals surface area contributed by atoms with Crippen LogP contribution in [0.5, 0.6) is 5.75 Å². The van der Waals surface area contributed by atoms with Crippen LogP contribution in [0.1, 0.15) is 24.0 Å². The number of hydrogen-bond acceptors (Lipinski definition) is 5. The van der Waals surface area contributed by atoms with Crippen molar-refractivity contribution in [2.45, 2.75) is 43.7 Å². The lowest BCUT2D eigenvalue weighted by atomic mass is 10.1. The van der Waals surface area contributed by atoms with Crippen molar-refractivity contribution in [3.63, 3.8) is 0 Å². The number of hydrogen-bond donors (Lipinski definition) is 2. The van der Waals surface area contributed by atoms with Gasteiger partial charge in [-0.2, -0.15) is 0 Å². The van der Waals surface area contributed by atoms with Crippen LogP contribution in [-0.2, 0) is 10.0 Å². The summed E-state index contributed by atoms with van der Waals surface area (Å²) in [6.07, 6.45) is 0.848. The predicted octanol–water partition coefficient (Wildman–Crippen LogP) is 2.49. The van der Waals surface area contributed by atoms with Gasteiger partial charge >= 0.3 is 0 Å². The molecule has 1 saturated heterocycles. The van der Waals surface area contributed by atoms with E-state index in [-0.39, 0.29) is 12.6 Å². The van der Waals surface area contributed by atoms with Crippen LogP contribution in [0, 0.1) is 13.8 Å². The van der Waals surface area contributed by atoms with Gasteiger partial charge in [0.2, 0.25) is 10.0 Å². The van der Waals surface area contributed by atoms with Crippen LogP contribution >= 0.6 is 0 Å². The molecule has 1 heterocycles. The highest BCUT2D eigenvalue weighted by molar-refractivity contribution is 7.89. The Morgan fingerprint density at radius 1 is 1.14 bits per heavy atom. The van der Waals surface area contributed by atoms with Gasteiger partial charge in [-0.1, -0.05) is 35.9 Å². The summed E-state index contributed by atoms with van der Waals surface area (Å²) in [4.78, 5) is 2.45. The fourth-order valence-electron chi connectivity index (χ4n) is 3.62. The number of rotatable bonds is 8. The average molecular weight is 419 g/mol. The second kappa shape index (κ2) is 9.71. The monoisotopic (exact) mass is 418 g/mol. The zero-order valence-corrected chi connectivity index (χ0v) is 17.9. The molecular formula is C22H30N2O4S. The summed E-state index contributed by atoms with van der Waals surface area (Å²) < 4.78 is 33.5. The van der Waals surface area contributed by atoms with E-state index in [1.807, 2.05) is 26.0 Å². The molecule has 0 unspecified atom stereocenters. The topological polar surface area (TPSA) is 78.9 Å². The van der Waals surface area contributed by atoms with E-state index in [2.05, 4.69) is 15.7 Å². The van der Waals surface area contributed by atoms with Crippen LogP contribution in [0.4, 0.5) is 0 Å². The molecule has 1 aliphatic rings. The minimum Gasteiger partial charge on any atom is -0.491 e. The number of aryl methyl sites for hydroxylation is 2. The van der Waals surface area contributed by atoms with Crippen LogP contribution in [0.15, 0.2) is 53.4 Å². The Hall–Kier alpha value is -1.93. The third-order valence-electron chi connectivity index (χ3n) is 5.19. The predicted molar refractivity (Wildman–Crippen MR) is 114 cm³/mol. The second-order valence-corrected chi connectivity index (χ2v) is 9.46. The summed E-state index contributed by atoms with van der Waals surface area (Å²) in [5.74, 6) is 0.795. The van der Waals surface area contributed by atoms with E-state index >= 15 is 0 Å². The average Bonchev–Trinajstić information content (AvgIpc) is 2.69. The molecule has 29 heavy (non-hydrogen) atoms. The van der Waals surface area contributed by atoms with Crippen LogP contribution < -0.4 is 9.46 Å². The molecule has 6 nitrogen and oxygen atoms in total. The van der Waals surface area contributed by atoms with E-state index < -0.39 is 16.1 Å². The molecule has 0 radical (unpaired) electrons. The zero-order chi connectivity index (χ0) is 20.9. The Morgan fingerprint density at radius 2 is 1.83 bits per heavy atom. The molecule has 2 aromatic rings. The number of aliphatic hydroxyl groups excluding tert-OH is 1. The maximum atomic E-state index is 12.4. The smallest absolute Gasteiger partial charge is 0.240 e. The number of likely N-dealkylation sites (tertiary alicyclic amines) is 1. The number of β-amino-alcohol motifs (C(OH)–C–C–N with tert-alkyl or cyclic N) is 1. The lowest BCUT2D eigenvalue weighted by molar-refractivity contribution is 0.0588. The fourth-order valence-corrected chi connectivity index (χ4v) is 4.94. The third-order valence-corrected chi connectivity index (χ3v) is 6.73. The van der Waals surface area contributed by atoms with E-state index in [0.717, 1.165) is 37.2 Å². The van der Waals surface area contributed by atoms with Gasteiger partial charge in [-0.3, -0.25) is 0 Å². The Morgan fingerprint density at radius 3 is 2.48 bits per heavy atom. The maximum Gasteiger partial charge on any atom is 0.240 e. The van der Waals surface area contributed by atoms with Crippen LogP contribution in [0.3, 0.4) is 0 Å². The number of ether oxygens (including phenoxy) is 1. The highest BCUT2D eigenvalue weighted by atomic mass is 32.2. The highest BCUT2D eigenvalue weighted by Crippen LogP contribution is 2.19. The lowest BCUT2D eigenvalue weighted by Gasteiger charge is -2.33. The molecule has 0 bridgehead atoms. The van der Waals surface area contributed by atoms with Crippen molar-refractivity contribution in [3.05, 3.63) is 59.7 Å². The molecule has 2 N–H and O–H groups in total. The third kappa shape index (κ3) is 6.27. The Kier molecular flexibility index (Phi) is 7.29. The molecule has 1 aliphatic heterocycles. The summed E-state index contributed by atoms with van der Waals surface area (Å²) in [6, 6.07) is 14.3. The van der Waals surface area contributed by atoms with Crippen molar-refractivity contribution in [3.8, 4) is 5.75 Å². The van der Waals surface area contributed by atoms with E-state index in [0.29, 0.717) is 11.4 Å². The van der Waals surface area contributed by atoms with Crippen molar-refractivity contribution >= 4 is 10.0 Å². The standard InChI is InChI=1S/C22H30N2O4S/c1-17-8-9-22(18(2)14-17)28-16-20(25)15-24-12-10-19(11-13-24)23-29(26,27)21-6-4-3-5-7-21/h3-9,14,19-20,23,25H,10-13,15-16H2,1-2H3/t20-/m0/s1. The first-order valence-corrected chi connectivity index (χ1v) is 11.5. The van der Waals surface area contributed by atoms with Gasteiger partial charge in [0.15, 0.2) is 0 Å². The van der Waals surface area contributed by atoms with Gasteiger partial charge < -0.3 is 14.7 Å². The van der Waals surface area contributed by atoms with E-state index in [4.69, 9.17) is 4.74 Å².